The van der Waals surface area contributed by atoms with E-state index in [1.54, 1.807) is 31.2 Å². The zero-order valence-corrected chi connectivity index (χ0v) is 15.2. The molecule has 0 radical (unpaired) electrons. The molecule has 28 heavy (non-hydrogen) atoms. The molecule has 3 aromatic carbocycles. The quantitative estimate of drug-likeness (QED) is 0.361. The minimum absolute atomic E-state index is 0.0116. The van der Waals surface area contributed by atoms with Crippen molar-refractivity contribution in [3.05, 3.63) is 66.2 Å². The second kappa shape index (κ2) is 8.68. The van der Waals surface area contributed by atoms with Crippen molar-refractivity contribution in [2.24, 2.45) is 5.10 Å². The third-order valence-electron chi connectivity index (χ3n) is 3.91. The molecule has 0 aliphatic heterocycles. The zero-order chi connectivity index (χ0) is 19.9. The van der Waals surface area contributed by atoms with Gasteiger partial charge in [-0.05, 0) is 42.1 Å². The number of carbonyl (C=O) groups excluding carboxylic acids is 2. The third-order valence-corrected chi connectivity index (χ3v) is 3.91. The molecule has 3 N–H and O–H groups in total. The lowest BCUT2D eigenvalue weighted by molar-refractivity contribution is -0.136. The summed E-state index contributed by atoms with van der Waals surface area (Å²) < 4.78 is 5.28. The summed E-state index contributed by atoms with van der Waals surface area (Å²) in [5.74, 6) is -1.40. The fourth-order valence-electron chi connectivity index (χ4n) is 2.61. The van der Waals surface area contributed by atoms with Crippen molar-refractivity contribution in [3.8, 4) is 11.5 Å². The van der Waals surface area contributed by atoms with Gasteiger partial charge in [-0.2, -0.15) is 5.10 Å². The maximum absolute atomic E-state index is 12.1. The van der Waals surface area contributed by atoms with Crippen molar-refractivity contribution in [2.45, 2.75) is 6.92 Å². The Morgan fingerprint density at radius 3 is 2.68 bits per heavy atom. The van der Waals surface area contributed by atoms with Gasteiger partial charge in [0, 0.05) is 11.1 Å². The molecule has 0 aromatic heterocycles. The van der Waals surface area contributed by atoms with Gasteiger partial charge in [-0.3, -0.25) is 9.59 Å². The Morgan fingerprint density at radius 1 is 1.07 bits per heavy atom. The van der Waals surface area contributed by atoms with Crippen LogP contribution in [0.1, 0.15) is 12.5 Å². The Kier molecular flexibility index (Phi) is 5.86. The molecule has 2 amide bonds. The molecule has 0 fully saturated rings. The number of nitrogens with one attached hydrogen (secondary N) is 2. The van der Waals surface area contributed by atoms with Gasteiger partial charge in [0.15, 0.2) is 11.5 Å². The number of hydrazone groups is 1. The van der Waals surface area contributed by atoms with Gasteiger partial charge in [0.25, 0.3) is 0 Å². The molecule has 0 bridgehead atoms. The molecule has 0 unspecified atom stereocenters. The van der Waals surface area contributed by atoms with E-state index in [0.29, 0.717) is 23.6 Å². The minimum Gasteiger partial charge on any atom is -0.504 e. The van der Waals surface area contributed by atoms with Crippen LogP contribution >= 0.6 is 0 Å². The van der Waals surface area contributed by atoms with Gasteiger partial charge in [0.1, 0.15) is 0 Å². The molecule has 7 heteroatoms. The number of anilines is 1. The lowest BCUT2D eigenvalue weighted by Crippen LogP contribution is -2.32. The summed E-state index contributed by atoms with van der Waals surface area (Å²) in [4.78, 5) is 24.1. The highest BCUT2D eigenvalue weighted by atomic mass is 16.5. The van der Waals surface area contributed by atoms with E-state index in [-0.39, 0.29) is 5.75 Å². The van der Waals surface area contributed by atoms with Crippen LogP contribution in [0.3, 0.4) is 0 Å². The molecule has 0 aliphatic carbocycles. The summed E-state index contributed by atoms with van der Waals surface area (Å²) in [5.41, 5.74) is 3.32. The van der Waals surface area contributed by atoms with Crippen molar-refractivity contribution < 1.29 is 19.4 Å². The number of hydrogen-bond acceptors (Lipinski definition) is 5. The average Bonchev–Trinajstić information content (AvgIpc) is 2.70. The molecule has 7 nitrogen and oxygen atoms in total. The Balaban J connectivity index is 1.64. The zero-order valence-electron chi connectivity index (χ0n) is 15.2. The van der Waals surface area contributed by atoms with E-state index in [4.69, 9.17) is 4.74 Å². The van der Waals surface area contributed by atoms with Crippen LogP contribution in [0, 0.1) is 0 Å². The Hall–Kier alpha value is -3.87. The normalized spacial score (nSPS) is 10.8. The molecule has 0 atom stereocenters. The first-order chi connectivity index (χ1) is 13.6. The van der Waals surface area contributed by atoms with Gasteiger partial charge < -0.3 is 15.2 Å². The number of fused-ring (bicyclic) bond motifs is 1. The van der Waals surface area contributed by atoms with Gasteiger partial charge in [-0.15, -0.1) is 0 Å². The summed E-state index contributed by atoms with van der Waals surface area (Å²) in [6.45, 7) is 2.20. The predicted octanol–water partition coefficient (Wildman–Crippen LogP) is 3.03. The van der Waals surface area contributed by atoms with Crippen LogP contribution in [0.2, 0.25) is 0 Å². The second-order valence-electron chi connectivity index (χ2n) is 5.84. The van der Waals surface area contributed by atoms with Crippen LogP contribution in [0.25, 0.3) is 10.8 Å². The van der Waals surface area contributed by atoms with Crippen LogP contribution < -0.4 is 15.5 Å². The summed E-state index contributed by atoms with van der Waals surface area (Å²) in [6.07, 6.45) is 1.35. The number of ether oxygens (including phenoxy) is 1. The smallest absolute Gasteiger partial charge is 0.329 e. The van der Waals surface area contributed by atoms with E-state index in [1.807, 2.05) is 30.3 Å². The number of phenols is 1. The first-order valence-corrected chi connectivity index (χ1v) is 8.66. The van der Waals surface area contributed by atoms with Gasteiger partial charge >= 0.3 is 11.8 Å². The van der Waals surface area contributed by atoms with E-state index < -0.39 is 11.8 Å². The second-order valence-corrected chi connectivity index (χ2v) is 5.84. The molecule has 0 heterocycles. The number of rotatable bonds is 5. The van der Waals surface area contributed by atoms with Gasteiger partial charge in [0.05, 0.1) is 12.8 Å². The Bertz CT molecular complexity index is 1040. The SMILES string of the molecule is CCOc1cc(/C=N/NC(=O)C(=O)Nc2cccc3ccccc23)ccc1O. The molecule has 142 valence electrons. The van der Waals surface area contributed by atoms with Crippen LogP contribution in [0.15, 0.2) is 65.8 Å². The summed E-state index contributed by atoms with van der Waals surface area (Å²) in [6, 6.07) is 17.6. The number of nitrogens with zero attached hydrogens (tertiary/aromatic N) is 1. The van der Waals surface area contributed by atoms with Crippen molar-refractivity contribution in [2.75, 3.05) is 11.9 Å². The van der Waals surface area contributed by atoms with Crippen molar-refractivity contribution in [1.82, 2.24) is 5.43 Å². The molecule has 0 spiro atoms. The largest absolute Gasteiger partial charge is 0.504 e. The van der Waals surface area contributed by atoms with Crippen LogP contribution in [0.4, 0.5) is 5.69 Å². The highest BCUT2D eigenvalue weighted by molar-refractivity contribution is 6.40. The van der Waals surface area contributed by atoms with E-state index >= 15 is 0 Å². The standard InChI is InChI=1S/C21H19N3O4/c1-2-28-19-12-14(10-11-18(19)25)13-22-24-21(27)20(26)23-17-9-5-7-15-6-3-4-8-16(15)17/h3-13,25H,2H2,1H3,(H,23,26)(H,24,27)/b22-13+. The number of benzene rings is 3. The molecule has 0 aliphatic rings. The Labute approximate surface area is 161 Å². The molecule has 3 aromatic rings. The number of carbonyl (C=O) groups is 2. The number of phenolic OH excluding ortho intramolecular Hbond substituents is 1. The number of amides is 2. The van der Waals surface area contributed by atoms with Crippen molar-refractivity contribution in [1.29, 1.82) is 0 Å². The summed E-state index contributed by atoms with van der Waals surface area (Å²) >= 11 is 0. The molecular weight excluding hydrogens is 358 g/mol. The average molecular weight is 377 g/mol. The lowest BCUT2D eigenvalue weighted by atomic mass is 10.1. The highest BCUT2D eigenvalue weighted by Gasteiger charge is 2.14. The highest BCUT2D eigenvalue weighted by Crippen LogP contribution is 2.26. The maximum Gasteiger partial charge on any atom is 0.329 e. The van der Waals surface area contributed by atoms with Crippen LogP contribution in [-0.4, -0.2) is 29.7 Å². The molecular formula is C21H19N3O4. The van der Waals surface area contributed by atoms with Gasteiger partial charge in [0.2, 0.25) is 0 Å². The van der Waals surface area contributed by atoms with Gasteiger partial charge in [-0.25, -0.2) is 5.43 Å². The van der Waals surface area contributed by atoms with E-state index in [1.165, 1.54) is 12.3 Å². The van der Waals surface area contributed by atoms with E-state index in [2.05, 4.69) is 15.8 Å². The molecule has 3 rings (SSSR count). The van der Waals surface area contributed by atoms with E-state index in [0.717, 1.165) is 10.8 Å². The van der Waals surface area contributed by atoms with Crippen LogP contribution in [-0.2, 0) is 9.59 Å². The first kappa shape index (κ1) is 18.9. The third kappa shape index (κ3) is 4.45. The fourth-order valence-corrected chi connectivity index (χ4v) is 2.61. The molecule has 0 saturated heterocycles. The predicted molar refractivity (Wildman–Crippen MR) is 108 cm³/mol. The van der Waals surface area contributed by atoms with Gasteiger partial charge in [-0.1, -0.05) is 36.4 Å². The summed E-state index contributed by atoms with van der Waals surface area (Å²) in [7, 11) is 0. The monoisotopic (exact) mass is 377 g/mol. The van der Waals surface area contributed by atoms with E-state index in [9.17, 15) is 14.7 Å². The van der Waals surface area contributed by atoms with Crippen molar-refractivity contribution in [3.63, 3.8) is 0 Å². The summed E-state index contributed by atoms with van der Waals surface area (Å²) in [5, 5.41) is 17.8. The minimum atomic E-state index is -0.895. The number of aromatic hydroxyl groups is 1. The fraction of sp³-hybridized carbons (Fsp3) is 0.0952. The molecule has 0 saturated carbocycles. The first-order valence-electron chi connectivity index (χ1n) is 8.66. The maximum atomic E-state index is 12.1. The Morgan fingerprint density at radius 2 is 1.86 bits per heavy atom. The topological polar surface area (TPSA) is 100 Å². The van der Waals surface area contributed by atoms with Crippen molar-refractivity contribution >= 4 is 34.5 Å². The van der Waals surface area contributed by atoms with Crippen LogP contribution in [0.5, 0.6) is 11.5 Å². The lowest BCUT2D eigenvalue weighted by Gasteiger charge is -2.08. The number of hydrogen-bond donors (Lipinski definition) is 3.